The Labute approximate surface area is 159 Å². The van der Waals surface area contributed by atoms with Gasteiger partial charge in [-0.25, -0.2) is 0 Å². The second-order valence-corrected chi connectivity index (χ2v) is 7.56. The Morgan fingerprint density at radius 1 is 1.15 bits per heavy atom. The fraction of sp³-hybridized carbons (Fsp3) is 0.550. The molecular formula is C20H27N5O2. The van der Waals surface area contributed by atoms with Crippen LogP contribution in [0.2, 0.25) is 0 Å². The normalized spacial score (nSPS) is 24.4. The van der Waals surface area contributed by atoms with E-state index in [0.717, 1.165) is 51.1 Å². The highest BCUT2D eigenvalue weighted by Crippen LogP contribution is 2.33. The van der Waals surface area contributed by atoms with Gasteiger partial charge in [0.25, 0.3) is 11.8 Å². The molecule has 4 rings (SSSR count). The predicted octanol–water partition coefficient (Wildman–Crippen LogP) is 2.26. The zero-order valence-electron chi connectivity index (χ0n) is 16.1. The number of aromatic nitrogens is 2. The van der Waals surface area contributed by atoms with Gasteiger partial charge in [-0.3, -0.25) is 9.69 Å². The molecule has 0 radical (unpaired) electrons. The summed E-state index contributed by atoms with van der Waals surface area (Å²) in [4.78, 5) is 23.6. The van der Waals surface area contributed by atoms with Crippen molar-refractivity contribution in [2.75, 3.05) is 44.7 Å². The predicted molar refractivity (Wildman–Crippen MR) is 103 cm³/mol. The first-order valence-corrected chi connectivity index (χ1v) is 9.74. The molecule has 2 aromatic rings. The SMILES string of the molecule is CCN1CCC2(CCC1=O)CN(c1noc(-c3ccccc3)n1)CCN2C. The van der Waals surface area contributed by atoms with Gasteiger partial charge in [0, 0.05) is 50.2 Å². The van der Waals surface area contributed by atoms with Gasteiger partial charge in [-0.15, -0.1) is 0 Å². The molecule has 2 fully saturated rings. The minimum atomic E-state index is -0.0225. The quantitative estimate of drug-likeness (QED) is 0.827. The molecule has 1 aromatic carbocycles. The maximum Gasteiger partial charge on any atom is 0.266 e. The second kappa shape index (κ2) is 7.31. The van der Waals surface area contributed by atoms with Crippen LogP contribution in [0.3, 0.4) is 0 Å². The number of benzene rings is 1. The Morgan fingerprint density at radius 3 is 2.74 bits per heavy atom. The lowest BCUT2D eigenvalue weighted by atomic mass is 9.86. The van der Waals surface area contributed by atoms with Gasteiger partial charge < -0.3 is 14.3 Å². The van der Waals surface area contributed by atoms with Crippen LogP contribution in [0.5, 0.6) is 0 Å². The number of anilines is 1. The van der Waals surface area contributed by atoms with Gasteiger partial charge in [-0.2, -0.15) is 4.98 Å². The van der Waals surface area contributed by atoms with Gasteiger partial charge in [0.1, 0.15) is 0 Å². The van der Waals surface area contributed by atoms with Gasteiger partial charge >= 0.3 is 0 Å². The summed E-state index contributed by atoms with van der Waals surface area (Å²) in [7, 11) is 2.18. The van der Waals surface area contributed by atoms with E-state index in [1.165, 1.54) is 0 Å². The monoisotopic (exact) mass is 369 g/mol. The van der Waals surface area contributed by atoms with Crippen LogP contribution in [0.25, 0.3) is 11.5 Å². The first-order chi connectivity index (χ1) is 13.1. The fourth-order valence-corrected chi connectivity index (χ4v) is 4.24. The Morgan fingerprint density at radius 2 is 1.96 bits per heavy atom. The van der Waals surface area contributed by atoms with E-state index in [-0.39, 0.29) is 11.4 Å². The summed E-state index contributed by atoms with van der Waals surface area (Å²) in [6.07, 6.45) is 2.45. The van der Waals surface area contributed by atoms with Crippen molar-refractivity contribution < 1.29 is 9.32 Å². The lowest BCUT2D eigenvalue weighted by molar-refractivity contribution is -0.130. The number of hydrogen-bond acceptors (Lipinski definition) is 6. The number of carbonyl (C=O) groups is 1. The number of hydrogen-bond donors (Lipinski definition) is 0. The summed E-state index contributed by atoms with van der Waals surface area (Å²) in [6, 6.07) is 9.84. The minimum absolute atomic E-state index is 0.0225. The van der Waals surface area contributed by atoms with E-state index in [1.54, 1.807) is 0 Å². The summed E-state index contributed by atoms with van der Waals surface area (Å²) in [5, 5.41) is 4.23. The first-order valence-electron chi connectivity index (χ1n) is 9.74. The van der Waals surface area contributed by atoms with Crippen molar-refractivity contribution in [3.05, 3.63) is 30.3 Å². The van der Waals surface area contributed by atoms with Gasteiger partial charge in [0.15, 0.2) is 0 Å². The van der Waals surface area contributed by atoms with E-state index in [2.05, 4.69) is 33.9 Å². The Kier molecular flexibility index (Phi) is 4.86. The number of rotatable bonds is 3. The van der Waals surface area contributed by atoms with Crippen LogP contribution in [0, 0.1) is 0 Å². The fourth-order valence-electron chi connectivity index (χ4n) is 4.24. The third kappa shape index (κ3) is 3.43. The van der Waals surface area contributed by atoms with E-state index < -0.39 is 0 Å². The van der Waals surface area contributed by atoms with Crippen molar-refractivity contribution >= 4 is 11.9 Å². The zero-order valence-corrected chi connectivity index (χ0v) is 16.1. The molecular weight excluding hydrogens is 342 g/mol. The molecule has 2 saturated heterocycles. The van der Waals surface area contributed by atoms with E-state index in [0.29, 0.717) is 18.3 Å². The average molecular weight is 369 g/mol. The summed E-state index contributed by atoms with van der Waals surface area (Å²) in [5.74, 6) is 1.46. The topological polar surface area (TPSA) is 65.7 Å². The molecule has 0 bridgehead atoms. The van der Waals surface area contributed by atoms with Crippen molar-refractivity contribution in [3.8, 4) is 11.5 Å². The second-order valence-electron chi connectivity index (χ2n) is 7.56. The lowest BCUT2D eigenvalue weighted by Crippen LogP contribution is -2.61. The molecule has 2 aliphatic rings. The molecule has 27 heavy (non-hydrogen) atoms. The Bertz CT molecular complexity index is 793. The molecule has 1 amide bonds. The van der Waals surface area contributed by atoms with E-state index >= 15 is 0 Å². The lowest BCUT2D eigenvalue weighted by Gasteiger charge is -2.49. The number of likely N-dealkylation sites (tertiary alicyclic amines) is 1. The van der Waals surface area contributed by atoms with Gasteiger partial charge in [-0.1, -0.05) is 18.2 Å². The third-order valence-electron chi connectivity index (χ3n) is 6.10. The highest BCUT2D eigenvalue weighted by Gasteiger charge is 2.43. The van der Waals surface area contributed by atoms with Gasteiger partial charge in [0.05, 0.1) is 0 Å². The van der Waals surface area contributed by atoms with Crippen LogP contribution in [0.4, 0.5) is 5.95 Å². The molecule has 2 aliphatic heterocycles. The van der Waals surface area contributed by atoms with Crippen LogP contribution in [-0.2, 0) is 4.79 Å². The molecule has 1 unspecified atom stereocenters. The van der Waals surface area contributed by atoms with Crippen molar-refractivity contribution in [1.29, 1.82) is 0 Å². The summed E-state index contributed by atoms with van der Waals surface area (Å²) in [6.45, 7) is 6.26. The third-order valence-corrected chi connectivity index (χ3v) is 6.10. The standard InChI is InChI=1S/C20H27N5O2/c1-3-24-12-11-20(10-9-17(24)26)15-25(14-13-23(20)2)19-21-18(27-22-19)16-7-5-4-6-8-16/h4-8H,3,9-15H2,1-2H3. The molecule has 1 atom stereocenters. The number of nitrogens with zero attached hydrogens (tertiary/aromatic N) is 5. The molecule has 0 saturated carbocycles. The Hall–Kier alpha value is -2.41. The summed E-state index contributed by atoms with van der Waals surface area (Å²) in [5.41, 5.74) is 0.907. The molecule has 7 nitrogen and oxygen atoms in total. The van der Waals surface area contributed by atoms with Crippen LogP contribution < -0.4 is 4.90 Å². The molecule has 1 spiro atoms. The molecule has 1 aromatic heterocycles. The van der Waals surface area contributed by atoms with Crippen molar-refractivity contribution in [2.24, 2.45) is 0 Å². The van der Waals surface area contributed by atoms with E-state index in [9.17, 15) is 4.79 Å². The van der Waals surface area contributed by atoms with Gasteiger partial charge in [-0.05, 0) is 44.1 Å². The van der Waals surface area contributed by atoms with Crippen LogP contribution in [0.15, 0.2) is 34.9 Å². The summed E-state index contributed by atoms with van der Waals surface area (Å²) >= 11 is 0. The summed E-state index contributed by atoms with van der Waals surface area (Å²) < 4.78 is 5.50. The van der Waals surface area contributed by atoms with Crippen LogP contribution in [-0.4, -0.2) is 71.2 Å². The molecule has 7 heteroatoms. The highest BCUT2D eigenvalue weighted by atomic mass is 16.5. The first kappa shape index (κ1) is 18.0. The van der Waals surface area contributed by atoms with E-state index in [4.69, 9.17) is 4.52 Å². The van der Waals surface area contributed by atoms with Crippen LogP contribution in [0.1, 0.15) is 26.2 Å². The maximum absolute atomic E-state index is 12.3. The van der Waals surface area contributed by atoms with Gasteiger partial charge in [0.2, 0.25) is 5.91 Å². The number of amides is 1. The smallest absolute Gasteiger partial charge is 0.266 e. The minimum Gasteiger partial charge on any atom is -0.343 e. The van der Waals surface area contributed by atoms with E-state index in [1.807, 2.05) is 35.2 Å². The van der Waals surface area contributed by atoms with Crippen molar-refractivity contribution in [2.45, 2.75) is 31.7 Å². The number of likely N-dealkylation sites (N-methyl/N-ethyl adjacent to an activating group) is 1. The molecule has 144 valence electrons. The molecule has 3 heterocycles. The van der Waals surface area contributed by atoms with Crippen molar-refractivity contribution in [3.63, 3.8) is 0 Å². The maximum atomic E-state index is 12.3. The largest absolute Gasteiger partial charge is 0.343 e. The Balaban J connectivity index is 1.54. The average Bonchev–Trinajstić information content (AvgIpc) is 3.13. The number of carbonyl (C=O) groups excluding carboxylic acids is 1. The van der Waals surface area contributed by atoms with Crippen LogP contribution >= 0.6 is 0 Å². The van der Waals surface area contributed by atoms with Crippen molar-refractivity contribution in [1.82, 2.24) is 19.9 Å². The number of piperazine rings is 1. The highest BCUT2D eigenvalue weighted by molar-refractivity contribution is 5.76. The zero-order chi connectivity index (χ0) is 18.9. The molecule has 0 aliphatic carbocycles. The molecule has 0 N–H and O–H groups in total.